The SMILES string of the molecule is CCS(=O)(=O)NC1=C(OC(C)=O)C(=O)C(C)(c2cccc(OC)c2OC)O1. The van der Waals surface area contributed by atoms with Gasteiger partial charge in [-0.3, -0.25) is 14.3 Å². The molecule has 2 rings (SSSR count). The summed E-state index contributed by atoms with van der Waals surface area (Å²) in [6, 6.07) is 4.83. The third-order valence-corrected chi connectivity index (χ3v) is 5.20. The Labute approximate surface area is 157 Å². The third-order valence-electron chi connectivity index (χ3n) is 3.94. The van der Waals surface area contributed by atoms with Crippen LogP contribution in [0.3, 0.4) is 0 Å². The Morgan fingerprint density at radius 1 is 1.26 bits per heavy atom. The summed E-state index contributed by atoms with van der Waals surface area (Å²) in [7, 11) is -0.959. The molecule has 0 aliphatic carbocycles. The number of Topliss-reactive ketones (excluding diaryl/α,β-unsaturated/α-hetero) is 1. The van der Waals surface area contributed by atoms with Crippen molar-refractivity contribution < 1.29 is 37.0 Å². The van der Waals surface area contributed by atoms with Crippen molar-refractivity contribution in [2.75, 3.05) is 20.0 Å². The average Bonchev–Trinajstić information content (AvgIpc) is 2.85. The zero-order chi connectivity index (χ0) is 20.4. The van der Waals surface area contributed by atoms with Gasteiger partial charge in [0.05, 0.1) is 20.0 Å². The highest BCUT2D eigenvalue weighted by molar-refractivity contribution is 7.89. The van der Waals surface area contributed by atoms with Crippen LogP contribution >= 0.6 is 0 Å². The van der Waals surface area contributed by atoms with Gasteiger partial charge in [0, 0.05) is 12.5 Å². The summed E-state index contributed by atoms with van der Waals surface area (Å²) in [6.45, 7) is 3.92. The standard InChI is InChI=1S/C17H21NO8S/c1-6-27(21,22)18-16-14(25-10(2)19)15(20)17(3,26-16)11-8-7-9-12(23-4)13(11)24-5/h7-9,18H,6H2,1-5H3. The van der Waals surface area contributed by atoms with Gasteiger partial charge < -0.3 is 18.9 Å². The number of hydrogen-bond acceptors (Lipinski definition) is 8. The summed E-state index contributed by atoms with van der Waals surface area (Å²) >= 11 is 0. The zero-order valence-corrected chi connectivity index (χ0v) is 16.4. The van der Waals surface area contributed by atoms with Crippen molar-refractivity contribution in [1.82, 2.24) is 4.72 Å². The van der Waals surface area contributed by atoms with E-state index in [-0.39, 0.29) is 17.1 Å². The number of carbonyl (C=O) groups excluding carboxylic acids is 2. The van der Waals surface area contributed by atoms with E-state index in [9.17, 15) is 18.0 Å². The number of hydrogen-bond donors (Lipinski definition) is 1. The molecular weight excluding hydrogens is 378 g/mol. The van der Waals surface area contributed by atoms with E-state index in [0.717, 1.165) is 6.92 Å². The second kappa shape index (κ2) is 7.47. The first-order valence-corrected chi connectivity index (χ1v) is 9.63. The molecule has 0 saturated carbocycles. The van der Waals surface area contributed by atoms with E-state index >= 15 is 0 Å². The van der Waals surface area contributed by atoms with Crippen molar-refractivity contribution >= 4 is 21.8 Å². The molecule has 1 N–H and O–H groups in total. The van der Waals surface area contributed by atoms with Crippen molar-refractivity contribution in [2.24, 2.45) is 0 Å². The predicted octanol–water partition coefficient (Wildman–Crippen LogP) is 1.19. The van der Waals surface area contributed by atoms with E-state index in [0.29, 0.717) is 5.75 Å². The molecule has 0 saturated heterocycles. The second-order valence-corrected chi connectivity index (χ2v) is 7.77. The Kier molecular flexibility index (Phi) is 5.69. The molecular formula is C17H21NO8S. The molecule has 1 aromatic carbocycles. The van der Waals surface area contributed by atoms with E-state index in [1.165, 1.54) is 28.1 Å². The number of carbonyl (C=O) groups is 2. The van der Waals surface area contributed by atoms with E-state index < -0.39 is 39.0 Å². The first-order chi connectivity index (χ1) is 12.6. The molecule has 1 heterocycles. The molecule has 0 bridgehead atoms. The topological polar surface area (TPSA) is 117 Å². The molecule has 0 aromatic heterocycles. The molecule has 10 heteroatoms. The van der Waals surface area contributed by atoms with Gasteiger partial charge in [-0.05, 0) is 19.9 Å². The van der Waals surface area contributed by atoms with Crippen LogP contribution in [0.4, 0.5) is 0 Å². The summed E-state index contributed by atoms with van der Waals surface area (Å²) in [4.78, 5) is 24.4. The molecule has 0 fully saturated rings. The average molecular weight is 399 g/mol. The highest BCUT2D eigenvalue weighted by Crippen LogP contribution is 2.45. The lowest BCUT2D eigenvalue weighted by Crippen LogP contribution is -2.33. The number of ether oxygens (including phenoxy) is 4. The van der Waals surface area contributed by atoms with Gasteiger partial charge in [0.15, 0.2) is 11.5 Å². The van der Waals surface area contributed by atoms with Crippen LogP contribution < -0.4 is 14.2 Å². The summed E-state index contributed by atoms with van der Waals surface area (Å²) in [5, 5.41) is 0. The molecule has 0 radical (unpaired) electrons. The van der Waals surface area contributed by atoms with Crippen LogP contribution in [-0.2, 0) is 34.7 Å². The molecule has 1 unspecified atom stereocenters. The predicted molar refractivity (Wildman–Crippen MR) is 94.4 cm³/mol. The fourth-order valence-corrected chi connectivity index (χ4v) is 3.13. The fourth-order valence-electron chi connectivity index (χ4n) is 2.57. The Morgan fingerprint density at radius 3 is 2.44 bits per heavy atom. The normalized spacial score (nSPS) is 19.5. The van der Waals surface area contributed by atoms with E-state index in [1.807, 2.05) is 0 Å². The Balaban J connectivity index is 2.59. The smallest absolute Gasteiger partial charge is 0.308 e. The molecule has 1 aliphatic heterocycles. The van der Waals surface area contributed by atoms with Crippen LogP contribution in [0.2, 0.25) is 0 Å². The van der Waals surface area contributed by atoms with E-state index in [2.05, 4.69) is 4.72 Å². The number of benzene rings is 1. The monoisotopic (exact) mass is 399 g/mol. The molecule has 1 aliphatic rings. The number of rotatable bonds is 7. The quantitative estimate of drug-likeness (QED) is 0.680. The molecule has 148 valence electrons. The lowest BCUT2D eigenvalue weighted by atomic mass is 9.90. The minimum absolute atomic E-state index is 0.234. The number of sulfonamides is 1. The van der Waals surface area contributed by atoms with Crippen molar-refractivity contribution in [3.05, 3.63) is 35.4 Å². The van der Waals surface area contributed by atoms with E-state index in [1.54, 1.807) is 18.2 Å². The molecule has 27 heavy (non-hydrogen) atoms. The lowest BCUT2D eigenvalue weighted by molar-refractivity contribution is -0.142. The van der Waals surface area contributed by atoms with Crippen LogP contribution in [0.5, 0.6) is 11.5 Å². The number of para-hydroxylation sites is 1. The fraction of sp³-hybridized carbons (Fsp3) is 0.412. The van der Waals surface area contributed by atoms with Crippen LogP contribution in [0.1, 0.15) is 26.3 Å². The Bertz CT molecular complexity index is 906. The van der Waals surface area contributed by atoms with Crippen molar-refractivity contribution in [3.8, 4) is 11.5 Å². The van der Waals surface area contributed by atoms with Gasteiger partial charge >= 0.3 is 5.97 Å². The number of nitrogens with one attached hydrogen (secondary N) is 1. The van der Waals surface area contributed by atoms with Gasteiger partial charge in [0.2, 0.25) is 27.3 Å². The summed E-state index contributed by atoms with van der Waals surface area (Å²) in [6.07, 6.45) is 0. The highest BCUT2D eigenvalue weighted by atomic mass is 32.2. The Hall–Kier alpha value is -2.75. The van der Waals surface area contributed by atoms with Gasteiger partial charge in [-0.25, -0.2) is 8.42 Å². The number of methoxy groups -OCH3 is 2. The van der Waals surface area contributed by atoms with E-state index in [4.69, 9.17) is 18.9 Å². The maximum atomic E-state index is 13.0. The highest BCUT2D eigenvalue weighted by Gasteiger charge is 2.52. The van der Waals surface area contributed by atoms with Gasteiger partial charge in [-0.2, -0.15) is 0 Å². The van der Waals surface area contributed by atoms with Gasteiger partial charge in [0.25, 0.3) is 5.78 Å². The maximum Gasteiger partial charge on any atom is 0.308 e. The van der Waals surface area contributed by atoms with Crippen LogP contribution in [0.25, 0.3) is 0 Å². The molecule has 0 amide bonds. The Morgan fingerprint density at radius 2 is 1.93 bits per heavy atom. The third kappa shape index (κ3) is 3.85. The lowest BCUT2D eigenvalue weighted by Gasteiger charge is -2.26. The second-order valence-electron chi connectivity index (χ2n) is 5.76. The van der Waals surface area contributed by atoms with Crippen molar-refractivity contribution in [2.45, 2.75) is 26.4 Å². The first kappa shape index (κ1) is 20.6. The minimum atomic E-state index is -3.79. The largest absolute Gasteiger partial charge is 0.493 e. The molecule has 9 nitrogen and oxygen atoms in total. The van der Waals surface area contributed by atoms with Gasteiger partial charge in [-0.1, -0.05) is 12.1 Å². The zero-order valence-electron chi connectivity index (χ0n) is 15.6. The van der Waals surface area contributed by atoms with Crippen LogP contribution in [0.15, 0.2) is 29.8 Å². The minimum Gasteiger partial charge on any atom is -0.493 e. The van der Waals surface area contributed by atoms with Crippen molar-refractivity contribution in [3.63, 3.8) is 0 Å². The summed E-state index contributed by atoms with van der Waals surface area (Å²) < 4.78 is 47.2. The van der Waals surface area contributed by atoms with Gasteiger partial charge in [-0.15, -0.1) is 0 Å². The van der Waals surface area contributed by atoms with Crippen LogP contribution in [-0.4, -0.2) is 40.1 Å². The summed E-state index contributed by atoms with van der Waals surface area (Å²) in [5.74, 6) is -2.19. The van der Waals surface area contributed by atoms with Crippen LogP contribution in [0, 0.1) is 0 Å². The first-order valence-electron chi connectivity index (χ1n) is 7.98. The maximum absolute atomic E-state index is 13.0. The summed E-state index contributed by atoms with van der Waals surface area (Å²) in [5.41, 5.74) is -1.42. The number of esters is 1. The molecule has 1 aromatic rings. The molecule has 0 spiro atoms. The van der Waals surface area contributed by atoms with Crippen molar-refractivity contribution in [1.29, 1.82) is 0 Å². The molecule has 1 atom stereocenters. The van der Waals surface area contributed by atoms with Gasteiger partial charge in [0.1, 0.15) is 0 Å². The number of ketones is 1.